The van der Waals surface area contributed by atoms with Crippen LogP contribution < -0.4 is 0 Å². The molecule has 180 valence electrons. The van der Waals surface area contributed by atoms with E-state index in [0.29, 0.717) is 38.3 Å². The Hall–Kier alpha value is -3.41. The predicted octanol–water partition coefficient (Wildman–Crippen LogP) is 4.26. The maximum Gasteiger partial charge on any atom is 0.418 e. The highest BCUT2D eigenvalue weighted by Crippen LogP contribution is 2.33. The van der Waals surface area contributed by atoms with Gasteiger partial charge in [-0.3, -0.25) is 9.69 Å². The van der Waals surface area contributed by atoms with Crippen molar-refractivity contribution < 1.29 is 31.1 Å². The first kappa shape index (κ1) is 23.7. The Labute approximate surface area is 190 Å². The number of halogens is 6. The maximum atomic E-state index is 13.3. The van der Waals surface area contributed by atoms with Gasteiger partial charge in [0.1, 0.15) is 0 Å². The number of carbonyl (C=O) groups is 1. The molecular weight excluding hydrogens is 464 g/mol. The predicted molar refractivity (Wildman–Crippen MR) is 109 cm³/mol. The van der Waals surface area contributed by atoms with Gasteiger partial charge in [-0.1, -0.05) is 35.5 Å². The van der Waals surface area contributed by atoms with Crippen molar-refractivity contribution in [1.29, 1.82) is 0 Å². The Balaban J connectivity index is 1.39. The SMILES string of the molecule is O=C(c1cn(-c2ccccc2C(F)(F)F)nn1)N1CCN(Cc2cccc(C(F)(F)F)c2)CC1. The molecule has 4 rings (SSSR count). The largest absolute Gasteiger partial charge is 0.418 e. The summed E-state index contributed by atoms with van der Waals surface area (Å²) in [5, 5.41) is 7.44. The van der Waals surface area contributed by atoms with E-state index in [1.165, 1.54) is 29.2 Å². The van der Waals surface area contributed by atoms with Crippen LogP contribution in [0.25, 0.3) is 5.69 Å². The molecule has 3 aromatic rings. The fraction of sp³-hybridized carbons (Fsp3) is 0.318. The minimum absolute atomic E-state index is 0.0942. The third-order valence-electron chi connectivity index (χ3n) is 5.49. The first-order valence-electron chi connectivity index (χ1n) is 10.3. The van der Waals surface area contributed by atoms with Crippen molar-refractivity contribution in [2.45, 2.75) is 18.9 Å². The van der Waals surface area contributed by atoms with E-state index in [1.807, 2.05) is 4.90 Å². The minimum Gasteiger partial charge on any atom is -0.335 e. The van der Waals surface area contributed by atoms with Gasteiger partial charge in [0.25, 0.3) is 5.91 Å². The number of para-hydroxylation sites is 1. The van der Waals surface area contributed by atoms with E-state index in [-0.39, 0.29) is 11.4 Å². The Kier molecular flexibility index (Phi) is 6.34. The van der Waals surface area contributed by atoms with Crippen molar-refractivity contribution >= 4 is 5.91 Å². The molecule has 34 heavy (non-hydrogen) atoms. The summed E-state index contributed by atoms with van der Waals surface area (Å²) < 4.78 is 79.5. The average molecular weight is 483 g/mol. The fourth-order valence-electron chi connectivity index (χ4n) is 3.77. The molecule has 0 spiro atoms. The lowest BCUT2D eigenvalue weighted by Gasteiger charge is -2.34. The van der Waals surface area contributed by atoms with Crippen LogP contribution in [0.15, 0.2) is 54.7 Å². The molecule has 0 radical (unpaired) electrons. The molecule has 0 atom stereocenters. The molecule has 2 heterocycles. The minimum atomic E-state index is -4.59. The molecule has 0 aliphatic carbocycles. The number of aromatic nitrogens is 3. The number of hydrogen-bond donors (Lipinski definition) is 0. The van der Waals surface area contributed by atoms with E-state index >= 15 is 0 Å². The van der Waals surface area contributed by atoms with Gasteiger partial charge in [-0.2, -0.15) is 26.3 Å². The highest BCUT2D eigenvalue weighted by atomic mass is 19.4. The number of rotatable bonds is 4. The highest BCUT2D eigenvalue weighted by molar-refractivity contribution is 5.92. The van der Waals surface area contributed by atoms with Crippen LogP contribution in [0.2, 0.25) is 0 Å². The first-order chi connectivity index (χ1) is 16.0. The third kappa shape index (κ3) is 5.22. The van der Waals surface area contributed by atoms with Crippen molar-refractivity contribution in [1.82, 2.24) is 24.8 Å². The van der Waals surface area contributed by atoms with Crippen LogP contribution >= 0.6 is 0 Å². The number of nitrogens with zero attached hydrogens (tertiary/aromatic N) is 5. The molecule has 1 aliphatic rings. The summed E-state index contributed by atoms with van der Waals surface area (Å²) in [6, 6.07) is 9.93. The summed E-state index contributed by atoms with van der Waals surface area (Å²) in [5.74, 6) is -0.477. The number of amides is 1. The molecular formula is C22H19F6N5O. The van der Waals surface area contributed by atoms with Crippen molar-refractivity contribution in [3.8, 4) is 5.69 Å². The number of carbonyl (C=O) groups excluding carboxylic acids is 1. The molecule has 12 heteroatoms. The molecule has 1 fully saturated rings. The van der Waals surface area contributed by atoms with Gasteiger partial charge in [0.15, 0.2) is 5.69 Å². The van der Waals surface area contributed by atoms with Crippen molar-refractivity contribution in [3.63, 3.8) is 0 Å². The fourth-order valence-corrected chi connectivity index (χ4v) is 3.77. The Morgan fingerprint density at radius 1 is 0.882 bits per heavy atom. The third-order valence-corrected chi connectivity index (χ3v) is 5.49. The van der Waals surface area contributed by atoms with Gasteiger partial charge in [-0.15, -0.1) is 5.10 Å². The summed E-state index contributed by atoms with van der Waals surface area (Å²) in [7, 11) is 0. The van der Waals surface area contributed by atoms with Crippen LogP contribution in [-0.4, -0.2) is 56.9 Å². The molecule has 1 aromatic heterocycles. The summed E-state index contributed by atoms with van der Waals surface area (Å²) in [4.78, 5) is 16.2. The van der Waals surface area contributed by atoms with E-state index in [0.717, 1.165) is 29.1 Å². The lowest BCUT2D eigenvalue weighted by Crippen LogP contribution is -2.48. The molecule has 2 aromatic carbocycles. The van der Waals surface area contributed by atoms with Crippen LogP contribution in [0.3, 0.4) is 0 Å². The number of alkyl halides is 6. The lowest BCUT2D eigenvalue weighted by molar-refractivity contribution is -0.138. The maximum absolute atomic E-state index is 13.3. The number of benzene rings is 2. The van der Waals surface area contributed by atoms with Gasteiger partial charge < -0.3 is 4.90 Å². The van der Waals surface area contributed by atoms with Crippen LogP contribution in [0.1, 0.15) is 27.2 Å². The quantitative estimate of drug-likeness (QED) is 0.521. The van der Waals surface area contributed by atoms with Crippen LogP contribution in [0, 0.1) is 0 Å². The molecule has 1 amide bonds. The zero-order chi connectivity index (χ0) is 24.5. The number of piperazine rings is 1. The Morgan fingerprint density at radius 2 is 1.59 bits per heavy atom. The summed E-state index contributed by atoms with van der Waals surface area (Å²) in [6.45, 7) is 1.74. The topological polar surface area (TPSA) is 54.3 Å². The van der Waals surface area contributed by atoms with Gasteiger partial charge in [-0.05, 0) is 23.8 Å². The summed E-state index contributed by atoms with van der Waals surface area (Å²) >= 11 is 0. The summed E-state index contributed by atoms with van der Waals surface area (Å²) in [6.07, 6.45) is -7.86. The standard InChI is InChI=1S/C22H19F6N5O/c23-21(24,25)16-5-3-4-15(12-16)13-31-8-10-32(11-9-31)20(34)18-14-33(30-29-18)19-7-2-1-6-17(19)22(26,27)28/h1-7,12,14H,8-11,13H2. The second kappa shape index (κ2) is 9.09. The van der Waals surface area contributed by atoms with E-state index in [2.05, 4.69) is 10.3 Å². The van der Waals surface area contributed by atoms with Gasteiger partial charge in [-0.25, -0.2) is 4.68 Å². The Bertz CT molecular complexity index is 1160. The van der Waals surface area contributed by atoms with Crippen molar-refractivity contribution in [2.24, 2.45) is 0 Å². The van der Waals surface area contributed by atoms with E-state index in [9.17, 15) is 31.1 Å². The van der Waals surface area contributed by atoms with Gasteiger partial charge in [0, 0.05) is 32.7 Å². The number of hydrogen-bond acceptors (Lipinski definition) is 4. The average Bonchev–Trinajstić information content (AvgIpc) is 3.28. The molecule has 1 saturated heterocycles. The van der Waals surface area contributed by atoms with Crippen LogP contribution in [0.4, 0.5) is 26.3 Å². The smallest absolute Gasteiger partial charge is 0.335 e. The zero-order valence-electron chi connectivity index (χ0n) is 17.6. The molecule has 1 aliphatic heterocycles. The van der Waals surface area contributed by atoms with Crippen LogP contribution in [0.5, 0.6) is 0 Å². The molecule has 0 unspecified atom stereocenters. The van der Waals surface area contributed by atoms with Gasteiger partial charge in [0.2, 0.25) is 0 Å². The zero-order valence-corrected chi connectivity index (χ0v) is 17.6. The van der Waals surface area contributed by atoms with Gasteiger partial charge in [0.05, 0.1) is 23.0 Å². The second-order valence-corrected chi connectivity index (χ2v) is 7.83. The second-order valence-electron chi connectivity index (χ2n) is 7.83. The van der Waals surface area contributed by atoms with Crippen LogP contribution in [-0.2, 0) is 18.9 Å². The van der Waals surface area contributed by atoms with Crippen molar-refractivity contribution in [3.05, 3.63) is 77.1 Å². The normalized spacial score (nSPS) is 15.5. The monoisotopic (exact) mass is 483 g/mol. The molecule has 0 N–H and O–H groups in total. The first-order valence-corrected chi connectivity index (χ1v) is 10.3. The summed E-state index contributed by atoms with van der Waals surface area (Å²) in [5.41, 5.74) is -1.44. The molecule has 0 bridgehead atoms. The van der Waals surface area contributed by atoms with Crippen molar-refractivity contribution in [2.75, 3.05) is 26.2 Å². The molecule has 0 saturated carbocycles. The van der Waals surface area contributed by atoms with E-state index in [1.54, 1.807) is 6.07 Å². The highest BCUT2D eigenvalue weighted by Gasteiger charge is 2.34. The van der Waals surface area contributed by atoms with Gasteiger partial charge >= 0.3 is 12.4 Å². The van der Waals surface area contributed by atoms with E-state index < -0.39 is 29.4 Å². The lowest BCUT2D eigenvalue weighted by atomic mass is 10.1. The Morgan fingerprint density at radius 3 is 2.26 bits per heavy atom. The van der Waals surface area contributed by atoms with E-state index in [4.69, 9.17) is 0 Å². The molecule has 6 nitrogen and oxygen atoms in total.